The van der Waals surface area contributed by atoms with Gasteiger partial charge in [-0.25, -0.2) is 0 Å². The summed E-state index contributed by atoms with van der Waals surface area (Å²) in [5.74, 6) is -0.808. The van der Waals surface area contributed by atoms with Crippen LogP contribution in [0.25, 0.3) is 0 Å². The van der Waals surface area contributed by atoms with Crippen molar-refractivity contribution >= 4 is 23.3 Å². The molecule has 0 aromatic heterocycles. The molecular weight excluding hydrogens is 288 g/mol. The van der Waals surface area contributed by atoms with Gasteiger partial charge < -0.3 is 10.2 Å². The summed E-state index contributed by atoms with van der Waals surface area (Å²) in [6.45, 7) is 5.58. The van der Waals surface area contributed by atoms with E-state index in [1.807, 2.05) is 20.8 Å². The molecule has 1 amide bonds. The van der Waals surface area contributed by atoms with E-state index in [1.54, 1.807) is 43.3 Å². The number of benzene rings is 1. The molecule has 0 saturated heterocycles. The van der Waals surface area contributed by atoms with Crippen LogP contribution in [0, 0.1) is 0 Å². The van der Waals surface area contributed by atoms with E-state index in [9.17, 15) is 9.59 Å². The quantitative estimate of drug-likeness (QED) is 0.403. The first-order valence-electron chi connectivity index (χ1n) is 6.62. The number of ketones is 1. The van der Waals surface area contributed by atoms with Crippen LogP contribution in [0.3, 0.4) is 0 Å². The van der Waals surface area contributed by atoms with Crippen LogP contribution in [-0.2, 0) is 4.79 Å². The second-order valence-electron chi connectivity index (χ2n) is 6.02. The van der Waals surface area contributed by atoms with Crippen LogP contribution in [0.1, 0.15) is 31.1 Å². The van der Waals surface area contributed by atoms with Gasteiger partial charge in [0.25, 0.3) is 5.91 Å². The Morgan fingerprint density at radius 2 is 1.76 bits per heavy atom. The number of carbonyl (C=O) groups is 2. The molecule has 1 N–H and O–H groups in total. The Hall–Kier alpha value is -1.81. The molecule has 0 aliphatic rings. The van der Waals surface area contributed by atoms with E-state index in [2.05, 4.69) is 5.32 Å². The monoisotopic (exact) mass is 308 g/mol. The molecule has 1 aromatic rings. The van der Waals surface area contributed by atoms with Crippen molar-refractivity contribution in [3.05, 3.63) is 46.6 Å². The van der Waals surface area contributed by atoms with Crippen molar-refractivity contribution in [2.45, 2.75) is 26.3 Å². The zero-order chi connectivity index (χ0) is 16.2. The number of nitrogens with zero attached hydrogens (tertiary/aromatic N) is 1. The topological polar surface area (TPSA) is 49.4 Å². The first-order valence-corrected chi connectivity index (χ1v) is 6.99. The van der Waals surface area contributed by atoms with E-state index < -0.39 is 17.2 Å². The summed E-state index contributed by atoms with van der Waals surface area (Å²) < 4.78 is 0. The Bertz CT molecular complexity index is 572. The minimum absolute atomic E-state index is 0.0584. The highest BCUT2D eigenvalue weighted by Crippen LogP contribution is 2.19. The van der Waals surface area contributed by atoms with Crippen molar-refractivity contribution in [3.63, 3.8) is 0 Å². The van der Waals surface area contributed by atoms with Gasteiger partial charge in [0.2, 0.25) is 5.78 Å². The zero-order valence-corrected chi connectivity index (χ0v) is 13.8. The predicted octanol–water partition coefficient (Wildman–Crippen LogP) is 2.88. The number of rotatable bonds is 4. The summed E-state index contributed by atoms with van der Waals surface area (Å²) in [4.78, 5) is 26.6. The summed E-state index contributed by atoms with van der Waals surface area (Å²) in [5, 5.41) is 3.13. The fraction of sp³-hybridized carbons (Fsp3) is 0.375. The molecular formula is C16H21ClN2O2. The molecule has 114 valence electrons. The minimum Gasteiger partial charge on any atom is -0.383 e. The first kappa shape index (κ1) is 17.2. The SMILES string of the molecule is CN(C)/C=C(\C(=O)NC(C)(C)C)C(=O)c1ccccc1Cl. The van der Waals surface area contributed by atoms with Crippen molar-refractivity contribution in [2.24, 2.45) is 0 Å². The Morgan fingerprint density at radius 1 is 1.19 bits per heavy atom. The molecule has 0 aliphatic heterocycles. The molecule has 0 spiro atoms. The van der Waals surface area contributed by atoms with E-state index in [-0.39, 0.29) is 5.57 Å². The molecule has 0 atom stereocenters. The van der Waals surface area contributed by atoms with Crippen LogP contribution in [0.2, 0.25) is 5.02 Å². The highest BCUT2D eigenvalue weighted by atomic mass is 35.5. The summed E-state index contributed by atoms with van der Waals surface area (Å²) in [5.41, 5.74) is -0.0529. The zero-order valence-electron chi connectivity index (χ0n) is 13.0. The van der Waals surface area contributed by atoms with Gasteiger partial charge in [-0.2, -0.15) is 0 Å². The number of nitrogens with one attached hydrogen (secondary N) is 1. The number of halogens is 1. The van der Waals surface area contributed by atoms with Crippen molar-refractivity contribution < 1.29 is 9.59 Å². The normalized spacial score (nSPS) is 12.0. The number of amides is 1. The van der Waals surface area contributed by atoms with Crippen molar-refractivity contribution in [1.82, 2.24) is 10.2 Å². The van der Waals surface area contributed by atoms with Gasteiger partial charge in [0, 0.05) is 31.4 Å². The number of hydrogen-bond acceptors (Lipinski definition) is 3. The Morgan fingerprint density at radius 3 is 2.24 bits per heavy atom. The third-order valence-corrected chi connectivity index (χ3v) is 2.81. The fourth-order valence-electron chi connectivity index (χ4n) is 1.68. The van der Waals surface area contributed by atoms with Crippen LogP contribution in [0.4, 0.5) is 0 Å². The smallest absolute Gasteiger partial charge is 0.257 e. The van der Waals surface area contributed by atoms with E-state index in [4.69, 9.17) is 11.6 Å². The van der Waals surface area contributed by atoms with E-state index in [0.29, 0.717) is 10.6 Å². The Kier molecular flexibility index (Phi) is 5.55. The highest BCUT2D eigenvalue weighted by Gasteiger charge is 2.25. The standard InChI is InChI=1S/C16H21ClN2O2/c1-16(2,3)18-15(21)12(10-19(4)5)14(20)11-8-6-7-9-13(11)17/h6-10H,1-5H3,(H,18,21)/b12-10-. The van der Waals surface area contributed by atoms with E-state index >= 15 is 0 Å². The lowest BCUT2D eigenvalue weighted by Crippen LogP contribution is -2.42. The first-order chi connectivity index (χ1) is 9.61. The van der Waals surface area contributed by atoms with Gasteiger partial charge >= 0.3 is 0 Å². The van der Waals surface area contributed by atoms with Gasteiger partial charge in [0.1, 0.15) is 5.57 Å². The van der Waals surface area contributed by atoms with E-state index in [0.717, 1.165) is 0 Å². The van der Waals surface area contributed by atoms with Crippen LogP contribution in [-0.4, -0.2) is 36.2 Å². The maximum atomic E-state index is 12.6. The van der Waals surface area contributed by atoms with Crippen molar-refractivity contribution in [3.8, 4) is 0 Å². The largest absolute Gasteiger partial charge is 0.383 e. The van der Waals surface area contributed by atoms with Gasteiger partial charge in [0.05, 0.1) is 5.02 Å². The van der Waals surface area contributed by atoms with Crippen molar-refractivity contribution in [1.29, 1.82) is 0 Å². The summed E-state index contributed by atoms with van der Waals surface area (Å²) in [6, 6.07) is 6.69. The van der Waals surface area contributed by atoms with Gasteiger partial charge in [-0.15, -0.1) is 0 Å². The van der Waals surface area contributed by atoms with Crippen LogP contribution >= 0.6 is 11.6 Å². The average Bonchev–Trinajstić information content (AvgIpc) is 2.33. The molecule has 0 aliphatic carbocycles. The molecule has 1 rings (SSSR count). The van der Waals surface area contributed by atoms with E-state index in [1.165, 1.54) is 6.20 Å². The second kappa shape index (κ2) is 6.76. The Balaban J connectivity index is 3.19. The van der Waals surface area contributed by atoms with Crippen molar-refractivity contribution in [2.75, 3.05) is 14.1 Å². The number of Topliss-reactive ketones (excluding diaryl/α,β-unsaturated/α-hetero) is 1. The number of hydrogen-bond donors (Lipinski definition) is 1. The molecule has 21 heavy (non-hydrogen) atoms. The molecule has 0 heterocycles. The maximum absolute atomic E-state index is 12.6. The number of carbonyl (C=O) groups excluding carboxylic acids is 2. The van der Waals surface area contributed by atoms with Gasteiger partial charge in [-0.05, 0) is 32.9 Å². The van der Waals surface area contributed by atoms with Crippen LogP contribution in [0.5, 0.6) is 0 Å². The minimum atomic E-state index is -0.427. The molecule has 0 bridgehead atoms. The van der Waals surface area contributed by atoms with Crippen LogP contribution in [0.15, 0.2) is 36.0 Å². The van der Waals surface area contributed by atoms with Gasteiger partial charge in [-0.3, -0.25) is 9.59 Å². The molecule has 4 nitrogen and oxygen atoms in total. The summed E-state index contributed by atoms with van der Waals surface area (Å²) in [7, 11) is 3.51. The summed E-state index contributed by atoms with van der Waals surface area (Å²) >= 11 is 6.04. The maximum Gasteiger partial charge on any atom is 0.257 e. The molecule has 0 fully saturated rings. The summed E-state index contributed by atoms with van der Waals surface area (Å²) in [6.07, 6.45) is 1.51. The highest BCUT2D eigenvalue weighted by molar-refractivity contribution is 6.37. The lowest BCUT2D eigenvalue weighted by atomic mass is 10.0. The third-order valence-electron chi connectivity index (χ3n) is 2.48. The van der Waals surface area contributed by atoms with Gasteiger partial charge in [0.15, 0.2) is 0 Å². The molecule has 0 saturated carbocycles. The molecule has 1 aromatic carbocycles. The molecule has 0 radical (unpaired) electrons. The third kappa shape index (κ3) is 5.23. The fourth-order valence-corrected chi connectivity index (χ4v) is 1.90. The molecule has 5 heteroatoms. The lowest BCUT2D eigenvalue weighted by molar-refractivity contribution is -0.118. The molecule has 0 unspecified atom stereocenters. The Labute approximate surface area is 130 Å². The van der Waals surface area contributed by atoms with Crippen LogP contribution < -0.4 is 5.32 Å². The lowest BCUT2D eigenvalue weighted by Gasteiger charge is -2.22. The average molecular weight is 309 g/mol. The second-order valence-corrected chi connectivity index (χ2v) is 6.43. The van der Waals surface area contributed by atoms with Gasteiger partial charge in [-0.1, -0.05) is 23.7 Å². The predicted molar refractivity (Wildman–Crippen MR) is 85.4 cm³/mol.